The molecule has 0 aromatic carbocycles. The number of hydrogen-bond acceptors (Lipinski definition) is 3. The van der Waals surface area contributed by atoms with E-state index >= 15 is 0 Å². The highest BCUT2D eigenvalue weighted by Crippen LogP contribution is 2.20. The first-order valence-electron chi connectivity index (χ1n) is 5.90. The van der Waals surface area contributed by atoms with Gasteiger partial charge in [-0.3, -0.25) is 0 Å². The fourth-order valence-corrected chi connectivity index (χ4v) is 2.14. The van der Waals surface area contributed by atoms with Crippen molar-refractivity contribution in [3.8, 4) is 5.82 Å². The van der Waals surface area contributed by atoms with E-state index in [1.807, 2.05) is 20.8 Å². The molecular weight excluding hydrogens is 249 g/mol. The second-order valence-corrected chi connectivity index (χ2v) is 4.22. The number of aromatic nitrogens is 3. The van der Waals surface area contributed by atoms with Crippen LogP contribution < -0.4 is 0 Å². The Bertz CT molecular complexity index is 650. The molecule has 19 heavy (non-hydrogen) atoms. The normalized spacial score (nSPS) is 10.7. The van der Waals surface area contributed by atoms with Gasteiger partial charge in [-0.2, -0.15) is 5.10 Å². The third kappa shape index (κ3) is 2.09. The smallest absolute Gasteiger partial charge is 0.338 e. The predicted octanol–water partition coefficient (Wildman–Crippen LogP) is 2.28. The van der Waals surface area contributed by atoms with Crippen LogP contribution in [0.25, 0.3) is 5.82 Å². The highest BCUT2D eigenvalue weighted by molar-refractivity contribution is 5.88. The fraction of sp³-hybridized carbons (Fsp3) is 0.308. The van der Waals surface area contributed by atoms with Crippen molar-refractivity contribution >= 4 is 5.97 Å². The Morgan fingerprint density at radius 1 is 1.47 bits per heavy atom. The number of carboxylic acids is 1. The standard InChI is InChI=1S/C13H14FN3O2/c1-4-9-7(2)16-17(8(9)3)12-11(14)10(13(18)19)5-6-15-12/h5-6H,4H2,1-3H3,(H,18,19). The molecular formula is C13H14FN3O2. The highest BCUT2D eigenvalue weighted by atomic mass is 19.1. The number of pyridine rings is 1. The summed E-state index contributed by atoms with van der Waals surface area (Å²) in [7, 11) is 0. The van der Waals surface area contributed by atoms with Gasteiger partial charge in [0.05, 0.1) is 5.69 Å². The van der Waals surface area contributed by atoms with Crippen LogP contribution in [0.1, 0.15) is 34.2 Å². The first-order chi connectivity index (χ1) is 8.97. The molecule has 2 heterocycles. The number of aromatic carboxylic acids is 1. The van der Waals surface area contributed by atoms with Crippen molar-refractivity contribution in [1.29, 1.82) is 0 Å². The summed E-state index contributed by atoms with van der Waals surface area (Å²) in [5, 5.41) is 13.1. The zero-order valence-electron chi connectivity index (χ0n) is 10.9. The molecule has 0 fully saturated rings. The van der Waals surface area contributed by atoms with E-state index < -0.39 is 17.3 Å². The number of rotatable bonds is 3. The first-order valence-corrected chi connectivity index (χ1v) is 5.90. The van der Waals surface area contributed by atoms with Gasteiger partial charge in [0.2, 0.25) is 0 Å². The molecule has 0 aliphatic carbocycles. The quantitative estimate of drug-likeness (QED) is 0.922. The lowest BCUT2D eigenvalue weighted by Gasteiger charge is -2.06. The van der Waals surface area contributed by atoms with Crippen molar-refractivity contribution in [1.82, 2.24) is 14.8 Å². The van der Waals surface area contributed by atoms with Gasteiger partial charge in [-0.15, -0.1) is 0 Å². The van der Waals surface area contributed by atoms with E-state index in [0.29, 0.717) is 0 Å². The molecule has 0 aliphatic heterocycles. The second-order valence-electron chi connectivity index (χ2n) is 4.22. The number of hydrogen-bond donors (Lipinski definition) is 1. The lowest BCUT2D eigenvalue weighted by Crippen LogP contribution is -2.10. The molecule has 0 spiro atoms. The largest absolute Gasteiger partial charge is 0.478 e. The van der Waals surface area contributed by atoms with E-state index in [9.17, 15) is 9.18 Å². The molecule has 2 rings (SSSR count). The van der Waals surface area contributed by atoms with E-state index in [1.165, 1.54) is 10.9 Å². The third-order valence-corrected chi connectivity index (χ3v) is 3.10. The van der Waals surface area contributed by atoms with Gasteiger partial charge in [0.15, 0.2) is 11.6 Å². The van der Waals surface area contributed by atoms with E-state index in [0.717, 1.165) is 29.4 Å². The SMILES string of the molecule is CCc1c(C)nn(-c2nccc(C(=O)O)c2F)c1C. The van der Waals surface area contributed by atoms with Crippen molar-refractivity contribution in [2.24, 2.45) is 0 Å². The van der Waals surface area contributed by atoms with Crippen LogP contribution in [0, 0.1) is 19.7 Å². The van der Waals surface area contributed by atoms with Crippen LogP contribution in [0.3, 0.4) is 0 Å². The van der Waals surface area contributed by atoms with Gasteiger partial charge in [-0.05, 0) is 31.9 Å². The number of halogens is 1. The number of carbonyl (C=O) groups is 1. The Hall–Kier alpha value is -2.24. The third-order valence-electron chi connectivity index (χ3n) is 3.10. The van der Waals surface area contributed by atoms with Gasteiger partial charge in [0, 0.05) is 11.9 Å². The lowest BCUT2D eigenvalue weighted by molar-refractivity contribution is 0.0691. The van der Waals surface area contributed by atoms with Gasteiger partial charge >= 0.3 is 5.97 Å². The van der Waals surface area contributed by atoms with Crippen LogP contribution in [0.4, 0.5) is 4.39 Å². The molecule has 0 saturated heterocycles. The average molecular weight is 263 g/mol. The topological polar surface area (TPSA) is 68.0 Å². The second kappa shape index (κ2) is 4.79. The predicted molar refractivity (Wildman–Crippen MR) is 67.1 cm³/mol. The molecule has 0 bridgehead atoms. The summed E-state index contributed by atoms with van der Waals surface area (Å²) in [5.74, 6) is -2.28. The van der Waals surface area contributed by atoms with Crippen LogP contribution >= 0.6 is 0 Å². The van der Waals surface area contributed by atoms with Gasteiger partial charge in [0.1, 0.15) is 5.56 Å². The maximum absolute atomic E-state index is 14.1. The minimum atomic E-state index is -1.32. The van der Waals surface area contributed by atoms with E-state index in [1.54, 1.807) is 0 Å². The lowest BCUT2D eigenvalue weighted by atomic mass is 10.1. The summed E-state index contributed by atoms with van der Waals surface area (Å²) >= 11 is 0. The van der Waals surface area contributed by atoms with Crippen LogP contribution in [0.15, 0.2) is 12.3 Å². The van der Waals surface area contributed by atoms with Gasteiger partial charge in [-0.1, -0.05) is 6.92 Å². The summed E-state index contributed by atoms with van der Waals surface area (Å²) in [6.45, 7) is 5.63. The molecule has 0 unspecified atom stereocenters. The Morgan fingerprint density at radius 3 is 2.68 bits per heavy atom. The molecule has 0 aliphatic rings. The molecule has 2 aromatic heterocycles. The maximum Gasteiger partial charge on any atom is 0.338 e. The number of carboxylic acid groups (broad SMARTS) is 1. The van der Waals surface area contributed by atoms with E-state index in [-0.39, 0.29) is 5.82 Å². The molecule has 0 saturated carbocycles. The molecule has 0 amide bonds. The maximum atomic E-state index is 14.1. The molecule has 0 radical (unpaired) electrons. The Morgan fingerprint density at radius 2 is 2.16 bits per heavy atom. The number of nitrogens with zero attached hydrogens (tertiary/aromatic N) is 3. The zero-order chi connectivity index (χ0) is 14.2. The molecule has 1 N–H and O–H groups in total. The summed E-state index contributed by atoms with van der Waals surface area (Å²) in [6.07, 6.45) is 2.04. The van der Waals surface area contributed by atoms with Crippen molar-refractivity contribution in [3.05, 3.63) is 40.6 Å². The van der Waals surface area contributed by atoms with E-state index in [4.69, 9.17) is 5.11 Å². The van der Waals surface area contributed by atoms with Crippen molar-refractivity contribution in [2.75, 3.05) is 0 Å². The minimum Gasteiger partial charge on any atom is -0.478 e. The van der Waals surface area contributed by atoms with Crippen LogP contribution in [-0.2, 0) is 6.42 Å². The molecule has 2 aromatic rings. The Kier molecular flexibility index (Phi) is 3.33. The average Bonchev–Trinajstić information content (AvgIpc) is 2.64. The molecule has 100 valence electrons. The van der Waals surface area contributed by atoms with Gasteiger partial charge < -0.3 is 5.11 Å². The van der Waals surface area contributed by atoms with Crippen LogP contribution in [0.5, 0.6) is 0 Å². The van der Waals surface area contributed by atoms with Crippen molar-refractivity contribution in [2.45, 2.75) is 27.2 Å². The summed E-state index contributed by atoms with van der Waals surface area (Å²) in [4.78, 5) is 14.8. The zero-order valence-corrected chi connectivity index (χ0v) is 10.9. The molecule has 0 atom stereocenters. The summed E-state index contributed by atoms with van der Waals surface area (Å²) < 4.78 is 15.5. The Balaban J connectivity index is 2.66. The number of aryl methyl sites for hydroxylation is 1. The van der Waals surface area contributed by atoms with Crippen LogP contribution in [0.2, 0.25) is 0 Å². The minimum absolute atomic E-state index is 0.0831. The molecule has 6 heteroatoms. The van der Waals surface area contributed by atoms with Gasteiger partial charge in [0.25, 0.3) is 0 Å². The van der Waals surface area contributed by atoms with Crippen molar-refractivity contribution < 1.29 is 14.3 Å². The monoisotopic (exact) mass is 263 g/mol. The fourth-order valence-electron chi connectivity index (χ4n) is 2.14. The molecule has 5 nitrogen and oxygen atoms in total. The van der Waals surface area contributed by atoms with Crippen molar-refractivity contribution in [3.63, 3.8) is 0 Å². The van der Waals surface area contributed by atoms with Crippen LogP contribution in [-0.4, -0.2) is 25.8 Å². The summed E-state index contributed by atoms with van der Waals surface area (Å²) in [5.41, 5.74) is 2.17. The van der Waals surface area contributed by atoms with Gasteiger partial charge in [-0.25, -0.2) is 18.9 Å². The summed E-state index contributed by atoms with van der Waals surface area (Å²) in [6, 6.07) is 1.13. The Labute approximate surface area is 109 Å². The highest BCUT2D eigenvalue weighted by Gasteiger charge is 2.20. The van der Waals surface area contributed by atoms with E-state index in [2.05, 4.69) is 10.1 Å². The first kappa shape index (κ1) is 13.2.